The molecule has 0 spiro atoms. The van der Waals surface area contributed by atoms with E-state index in [0.29, 0.717) is 0 Å². The third-order valence-corrected chi connectivity index (χ3v) is 3.74. The molecule has 0 bridgehead atoms. The Morgan fingerprint density at radius 3 is 2.24 bits per heavy atom. The van der Waals surface area contributed by atoms with Crippen molar-refractivity contribution in [2.24, 2.45) is 0 Å². The lowest BCUT2D eigenvalue weighted by Gasteiger charge is -2.06. The van der Waals surface area contributed by atoms with E-state index < -0.39 is 6.10 Å². The third-order valence-electron chi connectivity index (χ3n) is 3.74. The maximum Gasteiger partial charge on any atom is 0.141 e. The number of aliphatic hydroxyl groups is 1. The molecular weight excluding hydrogens is 304 g/mol. The minimum absolute atomic E-state index is 0.728. The van der Waals surface area contributed by atoms with Crippen molar-refractivity contribution >= 4 is 0 Å². The molecule has 3 aromatic rings. The van der Waals surface area contributed by atoms with Gasteiger partial charge in [0.05, 0.1) is 0 Å². The van der Waals surface area contributed by atoms with Crippen LogP contribution in [0.5, 0.6) is 0 Å². The molecule has 0 saturated carbocycles. The van der Waals surface area contributed by atoms with E-state index in [2.05, 4.69) is 23.7 Å². The van der Waals surface area contributed by atoms with Crippen molar-refractivity contribution in [1.82, 2.24) is 0 Å². The molecule has 1 N–H and O–H groups in total. The molecule has 0 aliphatic carbocycles. The van der Waals surface area contributed by atoms with Crippen molar-refractivity contribution < 1.29 is 5.11 Å². The van der Waals surface area contributed by atoms with Crippen LogP contribution >= 0.6 is 0 Å². The average Bonchev–Trinajstić information content (AvgIpc) is 2.65. The summed E-state index contributed by atoms with van der Waals surface area (Å²) in [5.74, 6) is 12.2. The highest BCUT2D eigenvalue weighted by Crippen LogP contribution is 2.17. The standard InChI is InChI=1S/C24H18O/c1-19-8-7-11-21(18-19)15-17-24(25)23-13-6-5-12-22(23)16-14-20-9-3-2-4-10-20/h2-13,18,24-25H,1H3. The highest BCUT2D eigenvalue weighted by Gasteiger charge is 2.07. The summed E-state index contributed by atoms with van der Waals surface area (Å²) in [6.07, 6.45) is -0.873. The molecule has 0 aliphatic heterocycles. The van der Waals surface area contributed by atoms with Gasteiger partial charge in [-0.1, -0.05) is 72.2 Å². The van der Waals surface area contributed by atoms with Crippen molar-refractivity contribution in [2.75, 3.05) is 0 Å². The number of aliphatic hydroxyl groups excluding tert-OH is 1. The van der Waals surface area contributed by atoms with Gasteiger partial charge in [-0.05, 0) is 42.8 Å². The van der Waals surface area contributed by atoms with Gasteiger partial charge >= 0.3 is 0 Å². The van der Waals surface area contributed by atoms with Gasteiger partial charge in [-0.15, -0.1) is 0 Å². The first kappa shape index (κ1) is 16.6. The van der Waals surface area contributed by atoms with Crippen LogP contribution in [0.15, 0.2) is 78.9 Å². The summed E-state index contributed by atoms with van der Waals surface area (Å²) in [7, 11) is 0. The maximum absolute atomic E-state index is 10.5. The molecule has 0 aliphatic rings. The molecule has 0 fully saturated rings. The van der Waals surface area contributed by atoms with Gasteiger partial charge in [-0.2, -0.15) is 0 Å². The molecule has 3 rings (SSSR count). The van der Waals surface area contributed by atoms with Crippen LogP contribution in [-0.2, 0) is 0 Å². The summed E-state index contributed by atoms with van der Waals surface area (Å²) in [6.45, 7) is 2.02. The van der Waals surface area contributed by atoms with E-state index in [1.54, 1.807) is 0 Å². The fourth-order valence-corrected chi connectivity index (χ4v) is 2.46. The van der Waals surface area contributed by atoms with Crippen LogP contribution in [0, 0.1) is 30.6 Å². The zero-order valence-corrected chi connectivity index (χ0v) is 14.0. The molecule has 25 heavy (non-hydrogen) atoms. The molecule has 1 nitrogen and oxygen atoms in total. The van der Waals surface area contributed by atoms with Crippen LogP contribution in [0.4, 0.5) is 0 Å². The predicted octanol–water partition coefficient (Wildman–Crippen LogP) is 4.48. The Morgan fingerprint density at radius 2 is 1.44 bits per heavy atom. The summed E-state index contributed by atoms with van der Waals surface area (Å²) < 4.78 is 0. The summed E-state index contributed by atoms with van der Waals surface area (Å²) in [6, 6.07) is 25.3. The van der Waals surface area contributed by atoms with Gasteiger partial charge in [0.1, 0.15) is 6.10 Å². The van der Waals surface area contributed by atoms with Gasteiger partial charge < -0.3 is 5.11 Å². The number of aryl methyl sites for hydroxylation is 1. The van der Waals surface area contributed by atoms with E-state index in [-0.39, 0.29) is 0 Å². The Balaban J connectivity index is 1.87. The van der Waals surface area contributed by atoms with Gasteiger partial charge in [0.15, 0.2) is 0 Å². The molecular formula is C24H18O. The second kappa shape index (κ2) is 8.02. The van der Waals surface area contributed by atoms with Crippen molar-refractivity contribution in [1.29, 1.82) is 0 Å². The van der Waals surface area contributed by atoms with Crippen LogP contribution in [0.25, 0.3) is 0 Å². The fourth-order valence-electron chi connectivity index (χ4n) is 2.46. The lowest BCUT2D eigenvalue weighted by atomic mass is 10.0. The minimum atomic E-state index is -0.873. The maximum atomic E-state index is 10.5. The van der Waals surface area contributed by atoms with Crippen LogP contribution in [-0.4, -0.2) is 5.11 Å². The minimum Gasteiger partial charge on any atom is -0.376 e. The molecule has 120 valence electrons. The first-order valence-corrected chi connectivity index (χ1v) is 8.14. The van der Waals surface area contributed by atoms with Crippen molar-refractivity contribution in [3.63, 3.8) is 0 Å². The normalized spacial score (nSPS) is 10.8. The number of benzene rings is 3. The fraction of sp³-hybridized carbons (Fsp3) is 0.0833. The molecule has 0 amide bonds. The molecule has 1 heteroatoms. The van der Waals surface area contributed by atoms with E-state index in [1.807, 2.05) is 85.8 Å². The van der Waals surface area contributed by atoms with Gasteiger partial charge in [-0.25, -0.2) is 0 Å². The molecule has 1 atom stereocenters. The lowest BCUT2D eigenvalue weighted by Crippen LogP contribution is -1.97. The van der Waals surface area contributed by atoms with E-state index in [9.17, 15) is 5.11 Å². The first-order valence-electron chi connectivity index (χ1n) is 8.14. The van der Waals surface area contributed by atoms with E-state index in [4.69, 9.17) is 0 Å². The third kappa shape index (κ3) is 4.61. The zero-order valence-electron chi connectivity index (χ0n) is 14.0. The topological polar surface area (TPSA) is 20.2 Å². The predicted molar refractivity (Wildman–Crippen MR) is 102 cm³/mol. The molecule has 0 radical (unpaired) electrons. The van der Waals surface area contributed by atoms with E-state index >= 15 is 0 Å². The molecule has 0 saturated heterocycles. The lowest BCUT2D eigenvalue weighted by molar-refractivity contribution is 0.238. The molecule has 1 unspecified atom stereocenters. The SMILES string of the molecule is Cc1cccc(C#CC(O)c2ccccc2C#Cc2ccccc2)c1. The summed E-state index contributed by atoms with van der Waals surface area (Å²) in [5, 5.41) is 10.5. The number of rotatable bonds is 1. The Hall–Kier alpha value is -3.26. The highest BCUT2D eigenvalue weighted by atomic mass is 16.3. The van der Waals surface area contributed by atoms with E-state index in [0.717, 1.165) is 27.8 Å². The van der Waals surface area contributed by atoms with Gasteiger partial charge in [0, 0.05) is 22.3 Å². The second-order valence-corrected chi connectivity index (χ2v) is 5.74. The van der Waals surface area contributed by atoms with E-state index in [1.165, 1.54) is 0 Å². The number of hydrogen-bond acceptors (Lipinski definition) is 1. The first-order chi connectivity index (χ1) is 12.2. The molecule has 0 aromatic heterocycles. The summed E-state index contributed by atoms with van der Waals surface area (Å²) in [5.41, 5.74) is 4.50. The van der Waals surface area contributed by atoms with Crippen LogP contribution in [0.2, 0.25) is 0 Å². The smallest absolute Gasteiger partial charge is 0.141 e. The molecule has 0 heterocycles. The summed E-state index contributed by atoms with van der Waals surface area (Å²) >= 11 is 0. The van der Waals surface area contributed by atoms with Gasteiger partial charge in [-0.3, -0.25) is 0 Å². The second-order valence-electron chi connectivity index (χ2n) is 5.74. The Bertz CT molecular complexity index is 979. The zero-order chi connectivity index (χ0) is 17.5. The number of hydrogen-bond donors (Lipinski definition) is 1. The summed E-state index contributed by atoms with van der Waals surface area (Å²) in [4.78, 5) is 0. The highest BCUT2D eigenvalue weighted by molar-refractivity contribution is 5.49. The van der Waals surface area contributed by atoms with Gasteiger partial charge in [0.25, 0.3) is 0 Å². The Kier molecular flexibility index (Phi) is 5.32. The van der Waals surface area contributed by atoms with Crippen LogP contribution in [0.1, 0.15) is 33.9 Å². The Labute approximate surface area is 149 Å². The quantitative estimate of drug-likeness (QED) is 0.655. The molecule has 3 aromatic carbocycles. The van der Waals surface area contributed by atoms with Crippen molar-refractivity contribution in [3.05, 3.63) is 107 Å². The van der Waals surface area contributed by atoms with Crippen molar-refractivity contribution in [3.8, 4) is 23.7 Å². The Morgan fingerprint density at radius 1 is 0.720 bits per heavy atom. The largest absolute Gasteiger partial charge is 0.376 e. The van der Waals surface area contributed by atoms with Crippen LogP contribution in [0.3, 0.4) is 0 Å². The van der Waals surface area contributed by atoms with Gasteiger partial charge in [0.2, 0.25) is 0 Å². The average molecular weight is 322 g/mol. The van der Waals surface area contributed by atoms with Crippen LogP contribution < -0.4 is 0 Å². The van der Waals surface area contributed by atoms with Crippen molar-refractivity contribution in [2.45, 2.75) is 13.0 Å². The monoisotopic (exact) mass is 322 g/mol.